The maximum atomic E-state index is 11.3. The van der Waals surface area contributed by atoms with Gasteiger partial charge in [0, 0.05) is 14.0 Å². The van der Waals surface area contributed by atoms with Gasteiger partial charge in [0.05, 0.1) is 5.88 Å². The third kappa shape index (κ3) is 4.26. The van der Waals surface area contributed by atoms with E-state index in [9.17, 15) is 19.6 Å². The first-order valence-corrected chi connectivity index (χ1v) is 7.13. The number of nitro groups is 1. The Morgan fingerprint density at radius 1 is 1.74 bits per heavy atom. The van der Waals surface area contributed by atoms with Crippen molar-refractivity contribution in [3.05, 3.63) is 22.1 Å². The second kappa shape index (κ2) is 6.44. The summed E-state index contributed by atoms with van der Waals surface area (Å²) in [5, 5.41) is 10.8. The Morgan fingerprint density at radius 2 is 2.37 bits per heavy atom. The summed E-state index contributed by atoms with van der Waals surface area (Å²) < 4.78 is 21.6. The Bertz CT molecular complexity index is 507. The fraction of sp³-hybridized carbons (Fsp3) is 0.625. The number of phosphoric acid groups is 1. The van der Waals surface area contributed by atoms with Crippen LogP contribution in [0.5, 0.6) is 0 Å². The highest BCUT2D eigenvalue weighted by atomic mass is 35.5. The van der Waals surface area contributed by atoms with Gasteiger partial charge in [-0.1, -0.05) is 0 Å². The molecule has 0 aliphatic heterocycles. The van der Waals surface area contributed by atoms with Crippen molar-refractivity contribution < 1.29 is 23.4 Å². The molecule has 1 unspecified atom stereocenters. The number of nitrogens with zero attached hydrogens (tertiary/aromatic N) is 3. The van der Waals surface area contributed by atoms with Crippen LogP contribution in [0.2, 0.25) is 0 Å². The minimum atomic E-state index is -4.21. The number of imidazole rings is 1. The highest BCUT2D eigenvalue weighted by Gasteiger charge is 2.28. The monoisotopic (exact) mass is 313 g/mol. The molecule has 1 N–H and O–H groups in total. The van der Waals surface area contributed by atoms with Gasteiger partial charge in [-0.05, 0) is 4.92 Å². The van der Waals surface area contributed by atoms with Gasteiger partial charge in [-0.2, -0.15) is 0 Å². The summed E-state index contributed by atoms with van der Waals surface area (Å²) in [4.78, 5) is 23.2. The molecule has 0 bridgehead atoms. The van der Waals surface area contributed by atoms with Crippen LogP contribution < -0.4 is 0 Å². The normalized spacial score (nSPS) is 16.0. The molecule has 0 aliphatic rings. The molecule has 2 atom stereocenters. The van der Waals surface area contributed by atoms with E-state index < -0.39 is 18.8 Å². The third-order valence-electron chi connectivity index (χ3n) is 2.29. The van der Waals surface area contributed by atoms with E-state index in [1.807, 2.05) is 0 Å². The lowest BCUT2D eigenvalue weighted by atomic mass is 10.4. The Kier molecular flexibility index (Phi) is 5.45. The first kappa shape index (κ1) is 16.1. The van der Waals surface area contributed by atoms with Crippen LogP contribution in [0.4, 0.5) is 5.82 Å². The minimum Gasteiger partial charge on any atom is -0.358 e. The van der Waals surface area contributed by atoms with Gasteiger partial charge >= 0.3 is 13.6 Å². The molecule has 1 aromatic heterocycles. The summed E-state index contributed by atoms with van der Waals surface area (Å²) in [7, 11) is -3.20. The molecule has 0 fully saturated rings. The molecule has 19 heavy (non-hydrogen) atoms. The van der Waals surface area contributed by atoms with Crippen LogP contribution in [0.15, 0.2) is 6.20 Å². The molecule has 0 spiro atoms. The van der Waals surface area contributed by atoms with Gasteiger partial charge in [-0.3, -0.25) is 9.05 Å². The number of aromatic nitrogens is 2. The zero-order valence-electron chi connectivity index (χ0n) is 10.2. The number of hydrogen-bond acceptors (Lipinski definition) is 6. The third-order valence-corrected chi connectivity index (χ3v) is 3.66. The quantitative estimate of drug-likeness (QED) is 0.350. The fourth-order valence-electron chi connectivity index (χ4n) is 1.37. The Labute approximate surface area is 113 Å². The van der Waals surface area contributed by atoms with Crippen molar-refractivity contribution in [2.45, 2.75) is 19.6 Å². The van der Waals surface area contributed by atoms with Crippen molar-refractivity contribution in [3.8, 4) is 0 Å². The van der Waals surface area contributed by atoms with Gasteiger partial charge in [0.2, 0.25) is 0 Å². The van der Waals surface area contributed by atoms with Crippen molar-refractivity contribution >= 4 is 25.2 Å². The van der Waals surface area contributed by atoms with Crippen LogP contribution in [0.3, 0.4) is 0 Å². The molecular weight excluding hydrogens is 301 g/mol. The predicted molar refractivity (Wildman–Crippen MR) is 66.0 cm³/mol. The number of aryl methyl sites for hydroxylation is 1. The van der Waals surface area contributed by atoms with Gasteiger partial charge in [0.25, 0.3) is 0 Å². The second-order valence-corrected chi connectivity index (χ2v) is 5.39. The van der Waals surface area contributed by atoms with Crippen molar-refractivity contribution in [2.75, 3.05) is 13.0 Å². The van der Waals surface area contributed by atoms with Crippen molar-refractivity contribution in [2.24, 2.45) is 0 Å². The van der Waals surface area contributed by atoms with E-state index in [1.165, 1.54) is 4.57 Å². The first-order chi connectivity index (χ1) is 8.80. The Balaban J connectivity index is 2.90. The van der Waals surface area contributed by atoms with E-state index >= 15 is 0 Å². The highest BCUT2D eigenvalue weighted by molar-refractivity contribution is 7.47. The summed E-state index contributed by atoms with van der Waals surface area (Å²) in [5.74, 6) is -0.0140. The standard InChI is InChI=1S/C8H13ClN3O6P/c1-6-10-4-8(12(13)14)11(6)5-7(3-9)18-19(15,16)17-2/h4,7H,3,5H2,1-2H3,(H,15,16)/t7-/m0/s1. The minimum absolute atomic E-state index is 0.0838. The maximum Gasteiger partial charge on any atom is 0.472 e. The fourth-order valence-corrected chi connectivity index (χ4v) is 2.23. The van der Waals surface area contributed by atoms with Crippen LogP contribution >= 0.6 is 19.4 Å². The SMILES string of the molecule is COP(=O)(O)O[C@@H](CCl)Cn1c([N+](=O)[O-])cnc1C. The molecule has 0 radical (unpaired) electrons. The van der Waals surface area contributed by atoms with Gasteiger partial charge < -0.3 is 15.0 Å². The highest BCUT2D eigenvalue weighted by Crippen LogP contribution is 2.43. The number of hydrogen-bond donors (Lipinski definition) is 1. The van der Waals surface area contributed by atoms with E-state index in [1.54, 1.807) is 6.92 Å². The zero-order valence-corrected chi connectivity index (χ0v) is 11.9. The number of halogens is 1. The smallest absolute Gasteiger partial charge is 0.358 e. The Morgan fingerprint density at radius 3 is 2.84 bits per heavy atom. The van der Waals surface area contributed by atoms with Crippen molar-refractivity contribution in [3.63, 3.8) is 0 Å². The van der Waals surface area contributed by atoms with Crippen molar-refractivity contribution in [1.82, 2.24) is 9.55 Å². The summed E-state index contributed by atoms with van der Waals surface area (Å²) in [6.45, 7) is 1.48. The lowest BCUT2D eigenvalue weighted by Crippen LogP contribution is -2.22. The maximum absolute atomic E-state index is 11.3. The lowest BCUT2D eigenvalue weighted by Gasteiger charge is -2.16. The zero-order chi connectivity index (χ0) is 14.6. The molecular formula is C8H13ClN3O6P. The molecule has 0 saturated carbocycles. The number of rotatable bonds is 7. The molecule has 1 heterocycles. The molecule has 9 nitrogen and oxygen atoms in total. The van der Waals surface area contributed by atoms with E-state index in [0.29, 0.717) is 5.82 Å². The van der Waals surface area contributed by atoms with E-state index in [-0.39, 0.29) is 18.2 Å². The average Bonchev–Trinajstić information content (AvgIpc) is 2.70. The lowest BCUT2D eigenvalue weighted by molar-refractivity contribution is -0.392. The average molecular weight is 314 g/mol. The van der Waals surface area contributed by atoms with Gasteiger partial charge in [0.1, 0.15) is 18.8 Å². The van der Waals surface area contributed by atoms with Crippen molar-refractivity contribution in [1.29, 1.82) is 0 Å². The largest absolute Gasteiger partial charge is 0.472 e. The summed E-state index contributed by atoms with van der Waals surface area (Å²) in [6.07, 6.45) is 0.166. The molecule has 108 valence electrons. The molecule has 0 aliphatic carbocycles. The molecule has 0 aromatic carbocycles. The number of alkyl halides is 1. The Hall–Kier alpha value is -0.990. The molecule has 1 aromatic rings. The first-order valence-electron chi connectivity index (χ1n) is 5.10. The van der Waals surface area contributed by atoms with Gasteiger partial charge in [-0.15, -0.1) is 11.6 Å². The topological polar surface area (TPSA) is 117 Å². The second-order valence-electron chi connectivity index (χ2n) is 3.56. The van der Waals surface area contributed by atoms with Gasteiger partial charge in [0.15, 0.2) is 5.82 Å². The van der Waals surface area contributed by atoms with Crippen LogP contribution in [0, 0.1) is 17.0 Å². The van der Waals surface area contributed by atoms with Crippen LogP contribution in [0.25, 0.3) is 0 Å². The number of phosphoric ester groups is 1. The summed E-state index contributed by atoms with van der Waals surface area (Å²) >= 11 is 5.62. The molecule has 1 rings (SSSR count). The van der Waals surface area contributed by atoms with E-state index in [4.69, 9.17) is 16.1 Å². The summed E-state index contributed by atoms with van der Waals surface area (Å²) in [6, 6.07) is 0. The van der Waals surface area contributed by atoms with Gasteiger partial charge in [-0.25, -0.2) is 14.1 Å². The van der Waals surface area contributed by atoms with Crippen LogP contribution in [-0.4, -0.2) is 38.5 Å². The molecule has 11 heteroatoms. The van der Waals surface area contributed by atoms with Crippen LogP contribution in [0.1, 0.15) is 5.82 Å². The van der Waals surface area contributed by atoms with E-state index in [0.717, 1.165) is 13.3 Å². The molecule has 0 amide bonds. The van der Waals surface area contributed by atoms with E-state index in [2.05, 4.69) is 9.51 Å². The predicted octanol–water partition coefficient (Wildman–Crippen LogP) is 1.47. The molecule has 0 saturated heterocycles. The summed E-state index contributed by atoms with van der Waals surface area (Å²) in [5.41, 5.74) is 0. The van der Waals surface area contributed by atoms with Crippen LogP contribution in [-0.2, 0) is 20.2 Å².